The van der Waals surface area contributed by atoms with E-state index in [0.717, 1.165) is 41.0 Å². The third-order valence-corrected chi connectivity index (χ3v) is 14.0. The molecule has 3 aliphatic heterocycles. The molecule has 3 heterocycles. The number of benzene rings is 4. The number of methoxy groups -OCH3 is 3. The molecule has 67 heavy (non-hydrogen) atoms. The van der Waals surface area contributed by atoms with Crippen molar-refractivity contribution in [2.24, 2.45) is 5.92 Å². The van der Waals surface area contributed by atoms with Crippen LogP contribution in [0.3, 0.4) is 0 Å². The first-order chi connectivity index (χ1) is 32.5. The zero-order chi connectivity index (χ0) is 47.1. The lowest BCUT2D eigenvalue weighted by atomic mass is 9.96. The number of para-hydroxylation sites is 1. The van der Waals surface area contributed by atoms with Crippen LogP contribution in [0, 0.1) is 5.92 Å². The van der Waals surface area contributed by atoms with Crippen LogP contribution in [0.15, 0.2) is 91.0 Å². The zero-order valence-corrected chi connectivity index (χ0v) is 40.2. The predicted molar refractivity (Wildman–Crippen MR) is 264 cm³/mol. The second-order valence-electron chi connectivity index (χ2n) is 17.7. The zero-order valence-electron chi connectivity index (χ0n) is 39.4. The van der Waals surface area contributed by atoms with E-state index in [-0.39, 0.29) is 42.0 Å². The summed E-state index contributed by atoms with van der Waals surface area (Å²) >= 11 is 1.80. The molecule has 14 nitrogen and oxygen atoms in total. The van der Waals surface area contributed by atoms with E-state index in [1.807, 2.05) is 46.2 Å². The Morgan fingerprint density at radius 2 is 1.54 bits per heavy atom. The van der Waals surface area contributed by atoms with Gasteiger partial charge in [0.25, 0.3) is 11.8 Å². The third-order valence-electron chi connectivity index (χ3n) is 12.8. The first kappa shape index (κ1) is 47.6. The smallest absolute Gasteiger partial charge is 0.262 e. The molecule has 2 unspecified atom stereocenters. The van der Waals surface area contributed by atoms with Crippen molar-refractivity contribution >= 4 is 46.3 Å². The van der Waals surface area contributed by atoms with Crippen LogP contribution in [0.2, 0.25) is 0 Å². The van der Waals surface area contributed by atoms with E-state index in [2.05, 4.69) is 66.7 Å². The molecule has 356 valence electrons. The fraction of sp³-hybridized carbons (Fsp3) is 0.423. The van der Waals surface area contributed by atoms with Gasteiger partial charge in [0.1, 0.15) is 19.4 Å². The van der Waals surface area contributed by atoms with Gasteiger partial charge in [0.05, 0.1) is 70.1 Å². The predicted octanol–water partition coefficient (Wildman–Crippen LogP) is 7.98. The van der Waals surface area contributed by atoms with E-state index in [1.54, 1.807) is 51.3 Å². The van der Waals surface area contributed by atoms with E-state index in [4.69, 9.17) is 38.9 Å². The molecule has 0 saturated carbocycles. The van der Waals surface area contributed by atoms with Crippen molar-refractivity contribution in [3.8, 4) is 23.0 Å². The van der Waals surface area contributed by atoms with E-state index in [0.29, 0.717) is 104 Å². The molecule has 4 aliphatic rings. The van der Waals surface area contributed by atoms with Crippen molar-refractivity contribution in [2.45, 2.75) is 56.9 Å². The molecule has 1 saturated heterocycles. The number of carbonyl (C=O) groups is 2. The maximum Gasteiger partial charge on any atom is 0.262 e. The fourth-order valence-corrected chi connectivity index (χ4v) is 9.46. The summed E-state index contributed by atoms with van der Waals surface area (Å²) in [6.07, 6.45) is 11.8. The van der Waals surface area contributed by atoms with Crippen LogP contribution in [0.4, 0.5) is 22.7 Å². The number of nitrogens with two attached hydrogens (primary N) is 1. The van der Waals surface area contributed by atoms with Crippen LogP contribution in [0.25, 0.3) is 0 Å². The summed E-state index contributed by atoms with van der Waals surface area (Å²) < 4.78 is 41.4. The van der Waals surface area contributed by atoms with Gasteiger partial charge in [0.2, 0.25) is 0 Å². The molecule has 1 fully saturated rings. The highest BCUT2D eigenvalue weighted by Gasteiger charge is 2.40. The number of nitrogens with zero attached hydrogens (tertiary/aromatic N) is 3. The summed E-state index contributed by atoms with van der Waals surface area (Å²) in [5.74, 6) is 1.87. The first-order valence-electron chi connectivity index (χ1n) is 22.9. The van der Waals surface area contributed by atoms with Gasteiger partial charge in [-0.3, -0.25) is 14.5 Å². The lowest BCUT2D eigenvalue weighted by Crippen LogP contribution is -2.46. The Bertz CT molecular complexity index is 2480. The van der Waals surface area contributed by atoms with Crippen LogP contribution in [-0.2, 0) is 33.8 Å². The second kappa shape index (κ2) is 21.4. The minimum absolute atomic E-state index is 0.00238. The van der Waals surface area contributed by atoms with Crippen molar-refractivity contribution < 1.29 is 42.7 Å². The Morgan fingerprint density at radius 3 is 2.27 bits per heavy atom. The van der Waals surface area contributed by atoms with Crippen LogP contribution in [-0.4, -0.2) is 114 Å². The fourth-order valence-electron chi connectivity index (χ4n) is 9.17. The average molecular weight is 934 g/mol. The average Bonchev–Trinajstić information content (AvgIpc) is 3.94. The largest absolute Gasteiger partial charge is 0.493 e. The molecule has 0 bridgehead atoms. The second-order valence-corrected chi connectivity index (χ2v) is 19.2. The number of amides is 2. The highest BCUT2D eigenvalue weighted by molar-refractivity contribution is 7.99. The quantitative estimate of drug-likeness (QED) is 0.0581. The SMILES string of the molecule is COCCOCCOCCN(CC(C)(C)SC)c1cc(COc2cc(N)c(C(=O)N3CCC4C=CC=CC43)cc2OC)cc(COc2cc3c(cc2OC)C(=O)N2c4ccccc4C[C@H]2N3)c1. The van der Waals surface area contributed by atoms with Gasteiger partial charge in [0, 0.05) is 73.0 Å². The molecule has 2 amide bonds. The Labute approximate surface area is 398 Å². The van der Waals surface area contributed by atoms with Crippen molar-refractivity contribution in [3.05, 3.63) is 119 Å². The van der Waals surface area contributed by atoms with Crippen molar-refractivity contribution in [1.29, 1.82) is 0 Å². The molecule has 4 aromatic rings. The van der Waals surface area contributed by atoms with Crippen LogP contribution in [0.5, 0.6) is 23.0 Å². The summed E-state index contributed by atoms with van der Waals surface area (Å²) in [6.45, 7) is 9.31. The summed E-state index contributed by atoms with van der Waals surface area (Å²) in [5.41, 5.74) is 13.3. The van der Waals surface area contributed by atoms with Gasteiger partial charge in [-0.15, -0.1) is 0 Å². The highest BCUT2D eigenvalue weighted by Crippen LogP contribution is 2.43. The molecule has 8 rings (SSSR count). The minimum Gasteiger partial charge on any atom is -0.493 e. The molecule has 0 radical (unpaired) electrons. The number of nitrogens with one attached hydrogen (secondary N) is 1. The van der Waals surface area contributed by atoms with Crippen LogP contribution >= 0.6 is 11.8 Å². The molecular weight excluding hydrogens is 871 g/mol. The number of nitrogen functional groups attached to an aromatic ring is 1. The molecule has 0 spiro atoms. The maximum atomic E-state index is 13.9. The Balaban J connectivity index is 1.05. The molecule has 3 atom stereocenters. The normalized spacial score (nSPS) is 17.9. The number of thioether (sulfide) groups is 1. The Morgan fingerprint density at radius 1 is 0.851 bits per heavy atom. The number of ether oxygens (including phenoxy) is 7. The number of rotatable bonds is 22. The summed E-state index contributed by atoms with van der Waals surface area (Å²) in [5, 5.41) is 3.58. The molecule has 1 aliphatic carbocycles. The molecule has 4 aromatic carbocycles. The van der Waals surface area contributed by atoms with Crippen molar-refractivity contribution in [2.75, 3.05) is 101 Å². The van der Waals surface area contributed by atoms with E-state index in [9.17, 15) is 9.59 Å². The van der Waals surface area contributed by atoms with Crippen LogP contribution in [0.1, 0.15) is 57.7 Å². The Kier molecular flexibility index (Phi) is 15.2. The first-order valence-corrected chi connectivity index (χ1v) is 24.1. The van der Waals surface area contributed by atoms with Gasteiger partial charge in [-0.05, 0) is 79.6 Å². The number of carbonyl (C=O) groups excluding carboxylic acids is 2. The van der Waals surface area contributed by atoms with Gasteiger partial charge in [-0.1, -0.05) is 42.5 Å². The Hall–Kier alpha value is -5.87. The van der Waals surface area contributed by atoms with Crippen LogP contribution < -0.4 is 39.8 Å². The summed E-state index contributed by atoms with van der Waals surface area (Å²) in [7, 11) is 4.79. The van der Waals surface area contributed by atoms with Gasteiger partial charge in [-0.2, -0.15) is 11.8 Å². The molecule has 15 heteroatoms. The number of hydrogen-bond donors (Lipinski definition) is 2. The molecular formula is C52H63N5O9S. The number of likely N-dealkylation sites (tertiary alicyclic amines) is 1. The van der Waals surface area contributed by atoms with Crippen molar-refractivity contribution in [3.63, 3.8) is 0 Å². The topological polar surface area (TPSA) is 147 Å². The van der Waals surface area contributed by atoms with Crippen molar-refractivity contribution in [1.82, 2.24) is 4.90 Å². The van der Waals surface area contributed by atoms with Gasteiger partial charge in [0.15, 0.2) is 23.0 Å². The number of allylic oxidation sites excluding steroid dienone is 2. The number of anilines is 4. The summed E-state index contributed by atoms with van der Waals surface area (Å²) in [4.78, 5) is 33.9. The number of hydrogen-bond acceptors (Lipinski definition) is 13. The third kappa shape index (κ3) is 10.8. The van der Waals surface area contributed by atoms with E-state index < -0.39 is 0 Å². The maximum absolute atomic E-state index is 13.9. The minimum atomic E-state index is -0.197. The van der Waals surface area contributed by atoms with E-state index >= 15 is 0 Å². The number of fused-ring (bicyclic) bond motifs is 5. The summed E-state index contributed by atoms with van der Waals surface area (Å²) in [6, 6.07) is 21.3. The molecule has 0 aromatic heterocycles. The molecule has 3 N–H and O–H groups in total. The monoisotopic (exact) mass is 933 g/mol. The lowest BCUT2D eigenvalue weighted by Gasteiger charge is -2.34. The lowest BCUT2D eigenvalue weighted by molar-refractivity contribution is 0.0264. The van der Waals surface area contributed by atoms with Gasteiger partial charge < -0.3 is 54.0 Å². The van der Waals surface area contributed by atoms with Gasteiger partial charge in [-0.25, -0.2) is 0 Å². The standard InChI is InChI=1S/C52H63N5O9S/c1-52(2,67-6)33-55(17-18-63-21-22-64-20-19-60-3)38-24-34(31-65-47-29-41(53)39(27-45(47)61-4)50(58)56-16-15-36-11-7-9-13-43(36)56)23-35(25-38)32-66-48-30-42-40(28-46(48)62-5)51(59)57-44-14-10-8-12-37(44)26-49(57)54-42/h7-14,23-25,27-30,36,43,49,54H,15-22,26,31-33,53H2,1-6H3/t36?,43?,49-/m0/s1. The highest BCUT2D eigenvalue weighted by atomic mass is 32.2. The van der Waals surface area contributed by atoms with Gasteiger partial charge >= 0.3 is 0 Å². The van der Waals surface area contributed by atoms with E-state index in [1.165, 1.54) is 0 Å².